The number of amides is 1. The van der Waals surface area contributed by atoms with Gasteiger partial charge in [0.05, 0.1) is 24.2 Å². The Labute approximate surface area is 214 Å². The predicted octanol–water partition coefficient (Wildman–Crippen LogP) is 5.56. The van der Waals surface area contributed by atoms with E-state index < -0.39 is 43.5 Å². The number of hydrogen-bond donors (Lipinski definition) is 1. The minimum absolute atomic E-state index is 0.0118. The maximum Gasteiger partial charge on any atom is 0.478 e. The quantitative estimate of drug-likeness (QED) is 0.222. The fourth-order valence-electron chi connectivity index (χ4n) is 2.90. The van der Waals surface area contributed by atoms with Crippen LogP contribution in [0.15, 0.2) is 24.3 Å². The number of aliphatic hydroxyl groups is 1. The molecule has 0 aliphatic heterocycles. The molecule has 0 saturated carbocycles. The van der Waals surface area contributed by atoms with Gasteiger partial charge in [-0.1, -0.05) is 24.3 Å². The average molecular weight is 532 g/mol. The summed E-state index contributed by atoms with van der Waals surface area (Å²) in [6.45, 7) is 14.5. The van der Waals surface area contributed by atoms with Crippen LogP contribution in [0.25, 0.3) is 0 Å². The van der Waals surface area contributed by atoms with Crippen molar-refractivity contribution in [1.29, 1.82) is 0 Å². The molecular weight excluding hydrogens is 489 g/mol. The SMILES string of the molecule is CC(C)(C)OC(=O)CCN(Cc1ccccc1CO)C(=O)OCOP(=O)(OC(C)(C)C)OC(C)(C)C. The van der Waals surface area contributed by atoms with Gasteiger partial charge in [0, 0.05) is 13.1 Å². The number of ether oxygens (including phenoxy) is 2. The maximum absolute atomic E-state index is 13.2. The summed E-state index contributed by atoms with van der Waals surface area (Å²) in [4.78, 5) is 26.5. The highest BCUT2D eigenvalue weighted by atomic mass is 31.2. The first-order valence-electron chi connectivity index (χ1n) is 11.8. The molecule has 36 heavy (non-hydrogen) atoms. The fraction of sp³-hybridized carbons (Fsp3) is 0.680. The van der Waals surface area contributed by atoms with E-state index in [4.69, 9.17) is 23.0 Å². The molecular formula is C25H42NO9P. The van der Waals surface area contributed by atoms with Crippen molar-refractivity contribution in [1.82, 2.24) is 4.90 Å². The second kappa shape index (κ2) is 13.0. The Bertz CT molecular complexity index is 893. The van der Waals surface area contributed by atoms with Crippen molar-refractivity contribution < 1.29 is 42.3 Å². The number of benzene rings is 1. The number of phosphoric ester groups is 1. The third-order valence-corrected chi connectivity index (χ3v) is 6.04. The number of aliphatic hydroxyl groups excluding tert-OH is 1. The summed E-state index contributed by atoms with van der Waals surface area (Å²) in [7, 11) is -4.09. The summed E-state index contributed by atoms with van der Waals surface area (Å²) in [5, 5.41) is 9.64. The van der Waals surface area contributed by atoms with Crippen LogP contribution in [0.3, 0.4) is 0 Å². The summed E-state index contributed by atoms with van der Waals surface area (Å²) in [6, 6.07) is 7.05. The van der Waals surface area contributed by atoms with Crippen LogP contribution >= 0.6 is 7.82 Å². The number of hydrogen-bond acceptors (Lipinski definition) is 9. The number of esters is 1. The Hall–Kier alpha value is -1.97. The molecule has 0 bridgehead atoms. The van der Waals surface area contributed by atoms with Gasteiger partial charge < -0.3 is 19.5 Å². The number of carbonyl (C=O) groups is 2. The number of carbonyl (C=O) groups excluding carboxylic acids is 2. The molecule has 10 nitrogen and oxygen atoms in total. The van der Waals surface area contributed by atoms with E-state index in [-0.39, 0.29) is 26.1 Å². The minimum Gasteiger partial charge on any atom is -0.460 e. The zero-order valence-electron chi connectivity index (χ0n) is 23.0. The van der Waals surface area contributed by atoms with E-state index in [1.807, 2.05) is 0 Å². The molecule has 0 fully saturated rings. The topological polar surface area (TPSA) is 121 Å². The molecule has 0 heterocycles. The molecule has 206 valence electrons. The molecule has 0 unspecified atom stereocenters. The second-order valence-corrected chi connectivity index (χ2v) is 12.7. The number of nitrogens with zero attached hydrogens (tertiary/aromatic N) is 1. The number of phosphoric acid groups is 1. The molecule has 0 aromatic heterocycles. The van der Waals surface area contributed by atoms with E-state index in [0.29, 0.717) is 11.1 Å². The Morgan fingerprint density at radius 1 is 0.889 bits per heavy atom. The van der Waals surface area contributed by atoms with Crippen molar-refractivity contribution in [2.45, 2.75) is 98.7 Å². The summed E-state index contributed by atoms with van der Waals surface area (Å²) in [5.41, 5.74) is -1.05. The molecule has 0 atom stereocenters. The second-order valence-electron chi connectivity index (χ2n) is 11.2. The van der Waals surface area contributed by atoms with Gasteiger partial charge in [0.1, 0.15) is 5.60 Å². The molecule has 1 N–H and O–H groups in total. The van der Waals surface area contributed by atoms with Gasteiger partial charge in [0.25, 0.3) is 0 Å². The molecule has 11 heteroatoms. The van der Waals surface area contributed by atoms with Gasteiger partial charge in [0.2, 0.25) is 6.79 Å². The van der Waals surface area contributed by atoms with Crippen molar-refractivity contribution >= 4 is 19.9 Å². The maximum atomic E-state index is 13.2. The van der Waals surface area contributed by atoms with E-state index in [1.54, 1.807) is 86.6 Å². The lowest BCUT2D eigenvalue weighted by atomic mass is 10.1. The van der Waals surface area contributed by atoms with Crippen molar-refractivity contribution in [2.24, 2.45) is 0 Å². The molecule has 1 aromatic rings. The van der Waals surface area contributed by atoms with Gasteiger partial charge in [-0.15, -0.1) is 0 Å². The first-order valence-corrected chi connectivity index (χ1v) is 13.3. The van der Waals surface area contributed by atoms with Gasteiger partial charge in [-0.2, -0.15) is 0 Å². The molecule has 1 amide bonds. The Kier molecular flexibility index (Phi) is 11.6. The lowest BCUT2D eigenvalue weighted by Crippen LogP contribution is -2.35. The molecule has 1 aromatic carbocycles. The van der Waals surface area contributed by atoms with E-state index >= 15 is 0 Å². The lowest BCUT2D eigenvalue weighted by molar-refractivity contribution is -0.155. The fourth-order valence-corrected chi connectivity index (χ4v) is 4.57. The van der Waals surface area contributed by atoms with Crippen molar-refractivity contribution in [3.05, 3.63) is 35.4 Å². The van der Waals surface area contributed by atoms with Crippen LogP contribution < -0.4 is 0 Å². The number of rotatable bonds is 11. The Morgan fingerprint density at radius 2 is 1.42 bits per heavy atom. The van der Waals surface area contributed by atoms with E-state index in [2.05, 4.69) is 0 Å². The first kappa shape index (κ1) is 32.1. The summed E-state index contributed by atoms with van der Waals surface area (Å²) in [6.07, 6.45) is -0.892. The minimum atomic E-state index is -4.09. The Morgan fingerprint density at radius 3 is 1.89 bits per heavy atom. The summed E-state index contributed by atoms with van der Waals surface area (Å²) < 4.78 is 40.0. The molecule has 0 radical (unpaired) electrons. The molecule has 1 rings (SSSR count). The third-order valence-electron chi connectivity index (χ3n) is 4.08. The van der Waals surface area contributed by atoms with Gasteiger partial charge in [-0.3, -0.25) is 13.8 Å². The van der Waals surface area contributed by atoms with Crippen LogP contribution in [0, 0.1) is 0 Å². The van der Waals surface area contributed by atoms with E-state index in [0.717, 1.165) is 0 Å². The third kappa shape index (κ3) is 13.4. The van der Waals surface area contributed by atoms with Crippen molar-refractivity contribution in [2.75, 3.05) is 13.3 Å². The molecule has 0 saturated heterocycles. The lowest BCUT2D eigenvalue weighted by Gasteiger charge is -2.31. The summed E-state index contributed by atoms with van der Waals surface area (Å²) >= 11 is 0. The zero-order valence-corrected chi connectivity index (χ0v) is 23.8. The smallest absolute Gasteiger partial charge is 0.460 e. The van der Waals surface area contributed by atoms with Crippen LogP contribution in [0.4, 0.5) is 4.79 Å². The van der Waals surface area contributed by atoms with Crippen LogP contribution in [0.1, 0.15) is 79.9 Å². The monoisotopic (exact) mass is 531 g/mol. The van der Waals surface area contributed by atoms with Crippen molar-refractivity contribution in [3.8, 4) is 0 Å². The predicted molar refractivity (Wildman–Crippen MR) is 135 cm³/mol. The molecule has 0 spiro atoms. The van der Waals surface area contributed by atoms with Gasteiger partial charge in [-0.05, 0) is 73.4 Å². The first-order chi connectivity index (χ1) is 16.3. The standard InChI is InChI=1S/C25H42NO9P/c1-23(2,3)33-21(28)14-15-26(16-19-12-10-11-13-20(19)17-27)22(29)31-18-32-36(30,34-24(4,5)6)35-25(7,8)9/h10-13,27H,14-18H2,1-9H3. The highest BCUT2D eigenvalue weighted by molar-refractivity contribution is 7.48. The average Bonchev–Trinajstić information content (AvgIpc) is 2.66. The van der Waals surface area contributed by atoms with Gasteiger partial charge in [-0.25, -0.2) is 13.9 Å². The van der Waals surface area contributed by atoms with Gasteiger partial charge >= 0.3 is 19.9 Å². The van der Waals surface area contributed by atoms with Gasteiger partial charge in [0.15, 0.2) is 0 Å². The van der Waals surface area contributed by atoms with Crippen molar-refractivity contribution in [3.63, 3.8) is 0 Å². The van der Waals surface area contributed by atoms with E-state index in [9.17, 15) is 19.3 Å². The van der Waals surface area contributed by atoms with E-state index in [1.165, 1.54) is 4.90 Å². The zero-order chi connectivity index (χ0) is 27.8. The van der Waals surface area contributed by atoms with Crippen LogP contribution in [-0.4, -0.2) is 52.2 Å². The highest BCUT2D eigenvalue weighted by Gasteiger charge is 2.37. The Balaban J connectivity index is 2.97. The molecule has 0 aliphatic rings. The molecule has 0 aliphatic carbocycles. The van der Waals surface area contributed by atoms with Crippen LogP contribution in [0.5, 0.6) is 0 Å². The normalized spacial score (nSPS) is 12.8. The van der Waals surface area contributed by atoms with Crippen LogP contribution in [-0.2, 0) is 45.6 Å². The highest BCUT2D eigenvalue weighted by Crippen LogP contribution is 2.55. The summed E-state index contributed by atoms with van der Waals surface area (Å²) in [5.74, 6) is -0.478. The largest absolute Gasteiger partial charge is 0.478 e. The van der Waals surface area contributed by atoms with Crippen LogP contribution in [0.2, 0.25) is 0 Å².